The van der Waals surface area contributed by atoms with Crippen LogP contribution >= 0.6 is 0 Å². The van der Waals surface area contributed by atoms with Crippen LogP contribution in [0, 0.1) is 0 Å². The molecule has 1 rings (SSSR count). The molecule has 120 valence electrons. The Morgan fingerprint density at radius 2 is 1.76 bits per heavy atom. The van der Waals surface area contributed by atoms with Crippen LogP contribution in [0.25, 0.3) is 0 Å². The van der Waals surface area contributed by atoms with E-state index in [1.165, 1.54) is 20.3 Å². The molecule has 0 radical (unpaired) electrons. The summed E-state index contributed by atoms with van der Waals surface area (Å²) < 4.78 is 48.2. The molecule has 3 N–H and O–H groups in total. The van der Waals surface area contributed by atoms with Gasteiger partial charge in [0.05, 0.1) is 13.2 Å². The van der Waals surface area contributed by atoms with Crippen LogP contribution in [-0.4, -0.2) is 50.5 Å². The van der Waals surface area contributed by atoms with Gasteiger partial charge < -0.3 is 19.8 Å². The van der Waals surface area contributed by atoms with Gasteiger partial charge in [-0.15, -0.1) is 0 Å². The van der Waals surface area contributed by atoms with Crippen molar-refractivity contribution in [3.8, 4) is 0 Å². The maximum absolute atomic E-state index is 12.8. The van der Waals surface area contributed by atoms with Gasteiger partial charge in [-0.05, 0) is 0 Å². The highest BCUT2D eigenvalue weighted by molar-refractivity contribution is 5.49. The first kappa shape index (κ1) is 17.4. The van der Waals surface area contributed by atoms with Gasteiger partial charge in [-0.25, -0.2) is 15.8 Å². The zero-order valence-corrected chi connectivity index (χ0v) is 11.8. The Hall–Kier alpha value is -1.65. The van der Waals surface area contributed by atoms with E-state index in [1.54, 1.807) is 4.90 Å². The SMILES string of the molecule is COCCN(CCOC)c1cc(NN)nc(C(F)(F)F)n1. The number of methoxy groups -OCH3 is 2. The van der Waals surface area contributed by atoms with Crippen LogP contribution in [0.1, 0.15) is 5.82 Å². The highest BCUT2D eigenvalue weighted by Gasteiger charge is 2.35. The summed E-state index contributed by atoms with van der Waals surface area (Å²) >= 11 is 0. The third kappa shape index (κ3) is 5.33. The fourth-order valence-electron chi connectivity index (χ4n) is 1.54. The number of hydrogen-bond acceptors (Lipinski definition) is 7. The lowest BCUT2D eigenvalue weighted by Gasteiger charge is -2.24. The number of alkyl halides is 3. The van der Waals surface area contributed by atoms with Crippen LogP contribution in [0.3, 0.4) is 0 Å². The van der Waals surface area contributed by atoms with Crippen LogP contribution in [0.4, 0.5) is 24.8 Å². The summed E-state index contributed by atoms with van der Waals surface area (Å²) in [7, 11) is 3.00. The lowest BCUT2D eigenvalue weighted by Crippen LogP contribution is -2.32. The van der Waals surface area contributed by atoms with Crippen molar-refractivity contribution in [3.05, 3.63) is 11.9 Å². The van der Waals surface area contributed by atoms with E-state index in [4.69, 9.17) is 15.3 Å². The van der Waals surface area contributed by atoms with Gasteiger partial charge in [-0.1, -0.05) is 0 Å². The fourth-order valence-corrected chi connectivity index (χ4v) is 1.54. The molecule has 0 spiro atoms. The van der Waals surface area contributed by atoms with Crippen molar-refractivity contribution in [2.45, 2.75) is 6.18 Å². The van der Waals surface area contributed by atoms with Crippen molar-refractivity contribution in [3.63, 3.8) is 0 Å². The van der Waals surface area contributed by atoms with Gasteiger partial charge in [0.2, 0.25) is 5.82 Å². The molecule has 0 saturated heterocycles. The molecule has 0 unspecified atom stereocenters. The van der Waals surface area contributed by atoms with Crippen LogP contribution in [0.2, 0.25) is 0 Å². The number of anilines is 2. The van der Waals surface area contributed by atoms with Gasteiger partial charge in [-0.2, -0.15) is 13.2 Å². The first-order valence-corrected chi connectivity index (χ1v) is 6.08. The number of nitrogens with two attached hydrogens (primary N) is 1. The maximum atomic E-state index is 12.8. The Balaban J connectivity index is 3.09. The Bertz CT molecular complexity index is 436. The quantitative estimate of drug-likeness (QED) is 0.544. The molecule has 0 aliphatic rings. The predicted molar refractivity (Wildman–Crippen MR) is 70.8 cm³/mol. The minimum Gasteiger partial charge on any atom is -0.383 e. The van der Waals surface area contributed by atoms with Crippen molar-refractivity contribution in [1.82, 2.24) is 9.97 Å². The Morgan fingerprint density at radius 1 is 1.19 bits per heavy atom. The molecule has 1 aromatic heterocycles. The molecule has 0 amide bonds. The summed E-state index contributed by atoms with van der Waals surface area (Å²) in [6.45, 7) is 1.39. The summed E-state index contributed by atoms with van der Waals surface area (Å²) in [5.74, 6) is 3.88. The van der Waals surface area contributed by atoms with E-state index in [0.29, 0.717) is 26.3 Å². The number of aromatic nitrogens is 2. The molecule has 0 atom stereocenters. The summed E-state index contributed by atoms with van der Waals surface area (Å²) in [6, 6.07) is 1.33. The van der Waals surface area contributed by atoms with Crippen LogP contribution in [0.5, 0.6) is 0 Å². The number of hydrazine groups is 1. The Morgan fingerprint density at radius 3 is 2.19 bits per heavy atom. The minimum absolute atomic E-state index is 0.0966. The smallest absolute Gasteiger partial charge is 0.383 e. The molecular formula is C11H18F3N5O2. The Kier molecular flexibility index (Phi) is 6.59. The third-order valence-corrected chi connectivity index (χ3v) is 2.57. The number of nitrogen functional groups attached to an aromatic ring is 1. The molecule has 1 aromatic rings. The summed E-state index contributed by atoms with van der Waals surface area (Å²) in [4.78, 5) is 8.45. The van der Waals surface area contributed by atoms with E-state index in [9.17, 15) is 13.2 Å². The summed E-state index contributed by atoms with van der Waals surface area (Å²) in [5, 5.41) is 0. The molecule has 0 aliphatic heterocycles. The molecule has 7 nitrogen and oxygen atoms in total. The lowest BCUT2D eigenvalue weighted by molar-refractivity contribution is -0.144. The second-order valence-electron chi connectivity index (χ2n) is 4.05. The van der Waals surface area contributed by atoms with E-state index in [1.807, 2.05) is 0 Å². The largest absolute Gasteiger partial charge is 0.451 e. The molecule has 0 saturated carbocycles. The maximum Gasteiger partial charge on any atom is 0.451 e. The highest BCUT2D eigenvalue weighted by Crippen LogP contribution is 2.29. The highest BCUT2D eigenvalue weighted by atomic mass is 19.4. The summed E-state index contributed by atoms with van der Waals surface area (Å²) in [5.41, 5.74) is 2.11. The first-order chi connectivity index (χ1) is 9.92. The van der Waals surface area contributed by atoms with E-state index in [0.717, 1.165) is 0 Å². The van der Waals surface area contributed by atoms with Gasteiger partial charge in [0, 0.05) is 33.4 Å². The molecule has 0 bridgehead atoms. The van der Waals surface area contributed by atoms with Crippen molar-refractivity contribution >= 4 is 11.6 Å². The van der Waals surface area contributed by atoms with E-state index in [2.05, 4.69) is 15.4 Å². The van der Waals surface area contributed by atoms with E-state index in [-0.39, 0.29) is 11.6 Å². The zero-order valence-electron chi connectivity index (χ0n) is 11.8. The number of rotatable bonds is 8. The van der Waals surface area contributed by atoms with E-state index < -0.39 is 12.0 Å². The average Bonchev–Trinajstić information content (AvgIpc) is 2.46. The van der Waals surface area contributed by atoms with Crippen molar-refractivity contribution in [2.24, 2.45) is 5.84 Å². The van der Waals surface area contributed by atoms with Crippen molar-refractivity contribution < 1.29 is 22.6 Å². The third-order valence-electron chi connectivity index (χ3n) is 2.57. The molecule has 21 heavy (non-hydrogen) atoms. The normalized spacial score (nSPS) is 11.5. The second-order valence-corrected chi connectivity index (χ2v) is 4.05. The van der Waals surface area contributed by atoms with Gasteiger partial charge in [0.15, 0.2) is 0 Å². The van der Waals surface area contributed by atoms with Crippen LogP contribution < -0.4 is 16.2 Å². The number of nitrogens with zero attached hydrogens (tertiary/aromatic N) is 3. The number of ether oxygens (including phenoxy) is 2. The standard InChI is InChI=1S/C11H18F3N5O2/c1-20-5-3-19(4-6-21-2)9-7-8(18-15)16-10(17-9)11(12,13)14/h7H,3-6,15H2,1-2H3,(H,16,17,18). The molecule has 0 aliphatic carbocycles. The molecular weight excluding hydrogens is 291 g/mol. The van der Waals surface area contributed by atoms with Crippen LogP contribution in [-0.2, 0) is 15.7 Å². The van der Waals surface area contributed by atoms with E-state index >= 15 is 0 Å². The lowest BCUT2D eigenvalue weighted by atomic mass is 10.4. The summed E-state index contributed by atoms with van der Waals surface area (Å²) in [6.07, 6.45) is -4.66. The molecule has 0 fully saturated rings. The molecule has 10 heteroatoms. The first-order valence-electron chi connectivity index (χ1n) is 6.08. The Labute approximate surface area is 120 Å². The van der Waals surface area contributed by atoms with Gasteiger partial charge in [-0.3, -0.25) is 0 Å². The molecule has 0 aromatic carbocycles. The fraction of sp³-hybridized carbons (Fsp3) is 0.636. The monoisotopic (exact) mass is 309 g/mol. The zero-order chi connectivity index (χ0) is 15.9. The number of hydrogen-bond donors (Lipinski definition) is 2. The van der Waals surface area contributed by atoms with Crippen LogP contribution in [0.15, 0.2) is 6.07 Å². The minimum atomic E-state index is -4.66. The van der Waals surface area contributed by atoms with Crippen molar-refractivity contribution in [1.29, 1.82) is 0 Å². The van der Waals surface area contributed by atoms with Gasteiger partial charge in [0.1, 0.15) is 11.6 Å². The molecule has 1 heterocycles. The second kappa shape index (κ2) is 7.96. The van der Waals surface area contributed by atoms with Gasteiger partial charge in [0.25, 0.3) is 0 Å². The average molecular weight is 309 g/mol. The van der Waals surface area contributed by atoms with Gasteiger partial charge >= 0.3 is 6.18 Å². The van der Waals surface area contributed by atoms with Crippen molar-refractivity contribution in [2.75, 3.05) is 50.8 Å². The number of nitrogens with one attached hydrogen (secondary N) is 1. The number of halogens is 3. The predicted octanol–water partition coefficient (Wildman–Crippen LogP) is 0.880. The topological polar surface area (TPSA) is 85.5 Å².